The summed E-state index contributed by atoms with van der Waals surface area (Å²) in [5, 5.41) is 5.54. The minimum atomic E-state index is -0.794. The number of carbonyl (C=O) groups is 2. The molecule has 0 saturated heterocycles. The van der Waals surface area contributed by atoms with Gasteiger partial charge in [0.25, 0.3) is 0 Å². The van der Waals surface area contributed by atoms with Gasteiger partial charge in [-0.25, -0.2) is 4.79 Å². The van der Waals surface area contributed by atoms with Crippen LogP contribution < -0.4 is 15.4 Å². The minimum Gasteiger partial charge on any atom is -0.494 e. The Hall–Kier alpha value is -3.80. The first kappa shape index (κ1) is 21.9. The molecule has 1 atom stereocenters. The van der Waals surface area contributed by atoms with Crippen LogP contribution in [0.5, 0.6) is 5.75 Å². The smallest absolute Gasteiger partial charge is 0.408 e. The number of hydrogen-bond acceptors (Lipinski definition) is 4. The molecule has 0 aromatic heterocycles. The Morgan fingerprint density at radius 1 is 0.839 bits per heavy atom. The molecule has 0 aliphatic rings. The normalized spacial score (nSPS) is 11.3. The summed E-state index contributed by atoms with van der Waals surface area (Å²) in [7, 11) is 0. The molecule has 3 aromatic rings. The maximum absolute atomic E-state index is 12.9. The molecule has 0 fully saturated rings. The van der Waals surface area contributed by atoms with Gasteiger partial charge in [0.2, 0.25) is 5.91 Å². The maximum atomic E-state index is 12.9. The zero-order chi connectivity index (χ0) is 21.9. The molecule has 31 heavy (non-hydrogen) atoms. The Morgan fingerprint density at radius 2 is 1.45 bits per heavy atom. The summed E-state index contributed by atoms with van der Waals surface area (Å²) in [4.78, 5) is 25.3. The Bertz CT molecular complexity index is 960. The molecule has 0 radical (unpaired) electrons. The number of anilines is 1. The van der Waals surface area contributed by atoms with E-state index in [1.165, 1.54) is 0 Å². The molecule has 2 amide bonds. The van der Waals surface area contributed by atoms with Gasteiger partial charge in [-0.15, -0.1) is 0 Å². The average molecular weight is 418 g/mol. The lowest BCUT2D eigenvalue weighted by Gasteiger charge is -2.19. The van der Waals surface area contributed by atoms with E-state index in [4.69, 9.17) is 9.47 Å². The Kier molecular flexibility index (Phi) is 8.05. The van der Waals surface area contributed by atoms with Crippen molar-refractivity contribution in [3.05, 3.63) is 96.1 Å². The molecule has 2 N–H and O–H groups in total. The van der Waals surface area contributed by atoms with E-state index in [9.17, 15) is 9.59 Å². The van der Waals surface area contributed by atoms with Crippen LogP contribution in [0.4, 0.5) is 10.5 Å². The van der Waals surface area contributed by atoms with Crippen LogP contribution in [0.15, 0.2) is 84.9 Å². The van der Waals surface area contributed by atoms with E-state index in [2.05, 4.69) is 10.6 Å². The molecular weight excluding hydrogens is 392 g/mol. The number of hydrogen-bond donors (Lipinski definition) is 2. The fraction of sp³-hybridized carbons (Fsp3) is 0.200. The van der Waals surface area contributed by atoms with E-state index in [0.29, 0.717) is 18.7 Å². The second kappa shape index (κ2) is 11.4. The van der Waals surface area contributed by atoms with Crippen LogP contribution in [-0.4, -0.2) is 24.6 Å². The van der Waals surface area contributed by atoms with E-state index < -0.39 is 12.1 Å². The van der Waals surface area contributed by atoms with Crippen LogP contribution in [-0.2, 0) is 22.6 Å². The van der Waals surface area contributed by atoms with Gasteiger partial charge < -0.3 is 20.1 Å². The van der Waals surface area contributed by atoms with Gasteiger partial charge in [-0.05, 0) is 42.3 Å². The lowest BCUT2D eigenvalue weighted by atomic mass is 10.1. The Balaban J connectivity index is 1.64. The molecule has 0 aliphatic heterocycles. The molecule has 0 saturated carbocycles. The van der Waals surface area contributed by atoms with Crippen molar-refractivity contribution < 1.29 is 19.1 Å². The van der Waals surface area contributed by atoms with Crippen molar-refractivity contribution in [3.63, 3.8) is 0 Å². The number of carbonyl (C=O) groups excluding carboxylic acids is 2. The molecular formula is C25H26N2O4. The highest BCUT2D eigenvalue weighted by molar-refractivity contribution is 5.96. The number of alkyl carbamates (subject to hydrolysis) is 1. The van der Waals surface area contributed by atoms with Crippen molar-refractivity contribution in [1.29, 1.82) is 0 Å². The summed E-state index contributed by atoms with van der Waals surface area (Å²) in [5.41, 5.74) is 2.42. The van der Waals surface area contributed by atoms with E-state index in [1.54, 1.807) is 24.3 Å². The van der Waals surface area contributed by atoms with Crippen LogP contribution in [0.1, 0.15) is 18.1 Å². The van der Waals surface area contributed by atoms with Crippen LogP contribution in [0.25, 0.3) is 0 Å². The first-order valence-corrected chi connectivity index (χ1v) is 10.2. The Morgan fingerprint density at radius 3 is 2.06 bits per heavy atom. The average Bonchev–Trinajstić information content (AvgIpc) is 2.80. The van der Waals surface area contributed by atoms with Gasteiger partial charge in [-0.3, -0.25) is 4.79 Å². The summed E-state index contributed by atoms with van der Waals surface area (Å²) in [5.74, 6) is 0.397. The molecule has 6 heteroatoms. The van der Waals surface area contributed by atoms with Gasteiger partial charge >= 0.3 is 6.09 Å². The van der Waals surface area contributed by atoms with Gasteiger partial charge in [0.05, 0.1) is 6.61 Å². The SMILES string of the molecule is CCOc1ccc(NC(=O)[C@@H](Cc2ccccc2)NC(=O)OCc2ccccc2)cc1. The molecule has 0 aliphatic carbocycles. The highest BCUT2D eigenvalue weighted by atomic mass is 16.5. The van der Waals surface area contributed by atoms with Crippen LogP contribution in [0.3, 0.4) is 0 Å². The standard InChI is InChI=1S/C25H26N2O4/c1-2-30-22-15-13-21(14-16-22)26-24(28)23(17-19-9-5-3-6-10-19)27-25(29)31-18-20-11-7-4-8-12-20/h3-16,23H,2,17-18H2,1H3,(H,26,28)(H,27,29)/t23-/m1/s1. The topological polar surface area (TPSA) is 76.7 Å². The zero-order valence-electron chi connectivity index (χ0n) is 17.4. The summed E-state index contributed by atoms with van der Waals surface area (Å²) < 4.78 is 10.7. The number of amides is 2. The molecule has 6 nitrogen and oxygen atoms in total. The summed E-state index contributed by atoms with van der Waals surface area (Å²) in [6, 6.07) is 25.2. The lowest BCUT2D eigenvalue weighted by Crippen LogP contribution is -2.45. The number of ether oxygens (including phenoxy) is 2. The molecule has 3 rings (SSSR count). The molecule has 0 unspecified atom stereocenters. The maximum Gasteiger partial charge on any atom is 0.408 e. The third kappa shape index (κ3) is 7.19. The van der Waals surface area contributed by atoms with Gasteiger partial charge in [0, 0.05) is 12.1 Å². The zero-order valence-corrected chi connectivity index (χ0v) is 17.4. The molecule has 0 heterocycles. The van der Waals surface area contributed by atoms with Crippen LogP contribution >= 0.6 is 0 Å². The Labute approximate surface area is 182 Å². The summed E-state index contributed by atoms with van der Waals surface area (Å²) in [6.07, 6.45) is -0.309. The van der Waals surface area contributed by atoms with Gasteiger partial charge in [0.1, 0.15) is 18.4 Å². The first-order chi connectivity index (χ1) is 15.1. The quantitative estimate of drug-likeness (QED) is 0.534. The van der Waals surface area contributed by atoms with E-state index in [0.717, 1.165) is 16.9 Å². The minimum absolute atomic E-state index is 0.130. The van der Waals surface area contributed by atoms with Crippen molar-refractivity contribution in [1.82, 2.24) is 5.32 Å². The fourth-order valence-electron chi connectivity index (χ4n) is 3.00. The fourth-order valence-corrected chi connectivity index (χ4v) is 3.00. The predicted molar refractivity (Wildman–Crippen MR) is 120 cm³/mol. The second-order valence-electron chi connectivity index (χ2n) is 6.90. The van der Waals surface area contributed by atoms with Crippen molar-refractivity contribution in [2.75, 3.05) is 11.9 Å². The molecule has 0 bridgehead atoms. The van der Waals surface area contributed by atoms with Crippen molar-refractivity contribution >= 4 is 17.7 Å². The van der Waals surface area contributed by atoms with Crippen LogP contribution in [0, 0.1) is 0 Å². The third-order valence-electron chi connectivity index (χ3n) is 4.54. The summed E-state index contributed by atoms with van der Waals surface area (Å²) >= 11 is 0. The number of nitrogens with one attached hydrogen (secondary N) is 2. The van der Waals surface area contributed by atoms with Crippen molar-refractivity contribution in [2.24, 2.45) is 0 Å². The van der Waals surface area contributed by atoms with Crippen molar-refractivity contribution in [3.8, 4) is 5.75 Å². The van der Waals surface area contributed by atoms with Gasteiger partial charge in [-0.1, -0.05) is 60.7 Å². The highest BCUT2D eigenvalue weighted by Crippen LogP contribution is 2.16. The van der Waals surface area contributed by atoms with E-state index >= 15 is 0 Å². The monoisotopic (exact) mass is 418 g/mol. The van der Waals surface area contributed by atoms with Gasteiger partial charge in [-0.2, -0.15) is 0 Å². The van der Waals surface area contributed by atoms with Crippen molar-refractivity contribution in [2.45, 2.75) is 26.0 Å². The number of rotatable bonds is 9. The second-order valence-corrected chi connectivity index (χ2v) is 6.90. The van der Waals surface area contributed by atoms with Gasteiger partial charge in [0.15, 0.2) is 0 Å². The lowest BCUT2D eigenvalue weighted by molar-refractivity contribution is -0.118. The van der Waals surface area contributed by atoms with Crippen LogP contribution in [0.2, 0.25) is 0 Å². The summed E-state index contributed by atoms with van der Waals surface area (Å²) in [6.45, 7) is 2.61. The van der Waals surface area contributed by atoms with E-state index in [-0.39, 0.29) is 12.5 Å². The predicted octanol–water partition coefficient (Wildman–Crippen LogP) is 4.56. The van der Waals surface area contributed by atoms with E-state index in [1.807, 2.05) is 67.6 Å². The first-order valence-electron chi connectivity index (χ1n) is 10.2. The number of benzene rings is 3. The third-order valence-corrected chi connectivity index (χ3v) is 4.54. The highest BCUT2D eigenvalue weighted by Gasteiger charge is 2.22. The largest absolute Gasteiger partial charge is 0.494 e. The molecule has 160 valence electrons. The molecule has 0 spiro atoms. The molecule has 3 aromatic carbocycles.